The number of rotatable bonds is 4. The van der Waals surface area contributed by atoms with Crippen molar-refractivity contribution in [3.8, 4) is 0 Å². The number of urea groups is 1. The van der Waals surface area contributed by atoms with E-state index in [4.69, 9.17) is 4.74 Å². The molecule has 184 valence electrons. The van der Waals surface area contributed by atoms with Crippen molar-refractivity contribution in [2.75, 3.05) is 38.2 Å². The predicted molar refractivity (Wildman–Crippen MR) is 140 cm³/mol. The first kappa shape index (κ1) is 22.8. The highest BCUT2D eigenvalue weighted by molar-refractivity contribution is 5.99. The first-order valence-electron chi connectivity index (χ1n) is 12.8. The Morgan fingerprint density at radius 3 is 2.19 bits per heavy atom. The van der Waals surface area contributed by atoms with Crippen LogP contribution in [0.25, 0.3) is 0 Å². The number of amides is 3. The number of nitrogens with zero attached hydrogens (tertiary/aromatic N) is 1. The Labute approximate surface area is 211 Å². The molecule has 1 fully saturated rings. The molecule has 6 nitrogen and oxygen atoms in total. The van der Waals surface area contributed by atoms with Crippen LogP contribution in [0.15, 0.2) is 66.7 Å². The van der Waals surface area contributed by atoms with Crippen molar-refractivity contribution in [3.05, 3.63) is 100 Å². The fourth-order valence-electron chi connectivity index (χ4n) is 6.29. The molecule has 6 heteroatoms. The maximum Gasteiger partial charge on any atom is 0.319 e. The van der Waals surface area contributed by atoms with Crippen molar-refractivity contribution < 1.29 is 14.3 Å². The van der Waals surface area contributed by atoms with Crippen molar-refractivity contribution in [1.29, 1.82) is 0 Å². The van der Waals surface area contributed by atoms with E-state index >= 15 is 0 Å². The van der Waals surface area contributed by atoms with Gasteiger partial charge in [-0.05, 0) is 59.2 Å². The molecule has 2 N–H and O–H groups in total. The van der Waals surface area contributed by atoms with E-state index in [-0.39, 0.29) is 11.9 Å². The lowest BCUT2D eigenvalue weighted by atomic mass is 9.59. The lowest BCUT2D eigenvalue weighted by Crippen LogP contribution is -2.41. The Balaban J connectivity index is 1.15. The van der Waals surface area contributed by atoms with Gasteiger partial charge in [0.1, 0.15) is 0 Å². The summed E-state index contributed by atoms with van der Waals surface area (Å²) >= 11 is 0. The molecule has 3 aromatic carbocycles. The Morgan fingerprint density at radius 1 is 0.889 bits per heavy atom. The summed E-state index contributed by atoms with van der Waals surface area (Å²) in [4.78, 5) is 27.8. The average Bonchev–Trinajstić information content (AvgIpc) is 2.93. The van der Waals surface area contributed by atoms with Gasteiger partial charge in [0.2, 0.25) is 0 Å². The number of morpholine rings is 1. The summed E-state index contributed by atoms with van der Waals surface area (Å²) in [7, 11) is 0. The van der Waals surface area contributed by atoms with Gasteiger partial charge in [0.25, 0.3) is 5.91 Å². The minimum Gasteiger partial charge on any atom is -0.378 e. The third-order valence-corrected chi connectivity index (χ3v) is 8.06. The zero-order valence-corrected chi connectivity index (χ0v) is 20.5. The molecule has 1 aliphatic heterocycles. The molecule has 7 rings (SSSR count). The first-order valence-corrected chi connectivity index (χ1v) is 12.8. The van der Waals surface area contributed by atoms with Gasteiger partial charge in [-0.2, -0.15) is 0 Å². The summed E-state index contributed by atoms with van der Waals surface area (Å²) in [6.07, 6.45) is 1.03. The zero-order valence-electron chi connectivity index (χ0n) is 20.5. The molecule has 3 aromatic rings. The molecule has 0 saturated carbocycles. The number of anilines is 1. The quantitative estimate of drug-likeness (QED) is 0.558. The van der Waals surface area contributed by atoms with Crippen molar-refractivity contribution in [2.24, 2.45) is 5.92 Å². The number of fused-ring (bicyclic) bond motifs is 1. The van der Waals surface area contributed by atoms with Crippen LogP contribution in [0.5, 0.6) is 0 Å². The largest absolute Gasteiger partial charge is 0.378 e. The van der Waals surface area contributed by atoms with Crippen LogP contribution in [0, 0.1) is 12.8 Å². The minimum absolute atomic E-state index is 0.0181. The molecule has 4 aliphatic rings. The average molecular weight is 482 g/mol. The summed E-state index contributed by atoms with van der Waals surface area (Å²) in [5.41, 5.74) is 7.71. The van der Waals surface area contributed by atoms with Crippen molar-refractivity contribution >= 4 is 17.6 Å². The van der Waals surface area contributed by atoms with Crippen LogP contribution < -0.4 is 10.6 Å². The van der Waals surface area contributed by atoms with Crippen molar-refractivity contribution in [2.45, 2.75) is 25.2 Å². The fraction of sp³-hybridized carbons (Fsp3) is 0.333. The first-order chi connectivity index (χ1) is 17.6. The standard InChI is InChI=1S/C30H31N3O3/c1-19-21(29(34)33-13-15-36-16-14-33)11-6-12-27(19)32-30(35)31-18-20-17-26-22-7-2-4-9-24(22)28(20)25-10-5-3-8-23(25)26/h2-12,20,26,28H,13-18H2,1H3,(H2,31,32,35). The van der Waals surface area contributed by atoms with E-state index in [1.807, 2.05) is 30.0 Å². The summed E-state index contributed by atoms with van der Waals surface area (Å²) < 4.78 is 5.37. The van der Waals surface area contributed by atoms with Gasteiger partial charge in [-0.25, -0.2) is 4.79 Å². The van der Waals surface area contributed by atoms with Gasteiger partial charge in [-0.15, -0.1) is 0 Å². The van der Waals surface area contributed by atoms with E-state index in [0.717, 1.165) is 12.0 Å². The number of nitrogens with one attached hydrogen (secondary N) is 2. The Hall–Kier alpha value is -3.64. The highest BCUT2D eigenvalue weighted by Gasteiger charge is 2.42. The van der Waals surface area contributed by atoms with Gasteiger partial charge >= 0.3 is 6.03 Å². The van der Waals surface area contributed by atoms with E-state index < -0.39 is 0 Å². The van der Waals surface area contributed by atoms with Gasteiger partial charge in [-0.1, -0.05) is 54.6 Å². The van der Waals surface area contributed by atoms with Crippen LogP contribution in [0.3, 0.4) is 0 Å². The van der Waals surface area contributed by atoms with Gasteiger partial charge in [-0.3, -0.25) is 4.79 Å². The second-order valence-corrected chi connectivity index (χ2v) is 10.0. The molecule has 2 bridgehead atoms. The lowest BCUT2D eigenvalue weighted by molar-refractivity contribution is 0.0302. The van der Waals surface area contributed by atoms with Gasteiger partial charge in [0.15, 0.2) is 0 Å². The van der Waals surface area contributed by atoms with E-state index in [9.17, 15) is 9.59 Å². The molecule has 0 spiro atoms. The van der Waals surface area contributed by atoms with Crippen LogP contribution in [0.4, 0.5) is 10.5 Å². The van der Waals surface area contributed by atoms with Crippen LogP contribution in [-0.4, -0.2) is 49.7 Å². The van der Waals surface area contributed by atoms with Crippen molar-refractivity contribution in [3.63, 3.8) is 0 Å². The molecule has 1 saturated heterocycles. The van der Waals surface area contributed by atoms with E-state index in [0.29, 0.717) is 61.9 Å². The third-order valence-electron chi connectivity index (χ3n) is 8.06. The van der Waals surface area contributed by atoms with Crippen LogP contribution in [-0.2, 0) is 4.74 Å². The fourth-order valence-corrected chi connectivity index (χ4v) is 6.29. The molecule has 1 unspecified atom stereocenters. The van der Waals surface area contributed by atoms with Crippen LogP contribution >= 0.6 is 0 Å². The summed E-state index contributed by atoms with van der Waals surface area (Å²) in [6.45, 7) is 4.78. The second-order valence-electron chi connectivity index (χ2n) is 10.0. The second kappa shape index (κ2) is 9.43. The highest BCUT2D eigenvalue weighted by Crippen LogP contribution is 2.55. The summed E-state index contributed by atoms with van der Waals surface area (Å²) in [6, 6.07) is 22.8. The number of hydrogen-bond donors (Lipinski definition) is 2. The molecule has 0 radical (unpaired) electrons. The lowest BCUT2D eigenvalue weighted by Gasteiger charge is -2.45. The SMILES string of the molecule is Cc1c(NC(=O)NCC2CC3c4ccccc4C2c2ccccc23)cccc1C(=O)N1CCOCC1. The molecule has 36 heavy (non-hydrogen) atoms. The van der Waals surface area contributed by atoms with Gasteiger partial charge in [0, 0.05) is 42.7 Å². The minimum atomic E-state index is -0.239. The number of carbonyl (C=O) groups excluding carboxylic acids is 2. The summed E-state index contributed by atoms with van der Waals surface area (Å²) in [5.74, 6) is 0.984. The maximum atomic E-state index is 13.0. The Morgan fingerprint density at radius 2 is 1.53 bits per heavy atom. The molecular weight excluding hydrogens is 450 g/mol. The predicted octanol–water partition coefficient (Wildman–Crippen LogP) is 4.89. The third kappa shape index (κ3) is 3.95. The molecule has 1 heterocycles. The topological polar surface area (TPSA) is 70.7 Å². The van der Waals surface area contributed by atoms with E-state index in [1.54, 1.807) is 0 Å². The number of ether oxygens (including phenoxy) is 1. The molecule has 1 atom stereocenters. The zero-order chi connectivity index (χ0) is 24.6. The van der Waals surface area contributed by atoms with Crippen LogP contribution in [0.2, 0.25) is 0 Å². The number of hydrogen-bond acceptors (Lipinski definition) is 3. The molecule has 3 aliphatic carbocycles. The maximum absolute atomic E-state index is 13.0. The van der Waals surface area contributed by atoms with E-state index in [2.05, 4.69) is 59.2 Å². The smallest absolute Gasteiger partial charge is 0.319 e. The number of benzene rings is 3. The normalized spacial score (nSPS) is 21.9. The number of carbonyl (C=O) groups is 2. The highest BCUT2D eigenvalue weighted by atomic mass is 16.5. The van der Waals surface area contributed by atoms with Gasteiger partial charge < -0.3 is 20.3 Å². The Kier molecular flexibility index (Phi) is 5.97. The monoisotopic (exact) mass is 481 g/mol. The molecule has 3 amide bonds. The molecular formula is C30H31N3O3. The Bertz CT molecular complexity index is 1270. The van der Waals surface area contributed by atoms with Crippen molar-refractivity contribution in [1.82, 2.24) is 10.2 Å². The summed E-state index contributed by atoms with van der Waals surface area (Å²) in [5, 5.41) is 6.11. The molecule has 0 aromatic heterocycles. The van der Waals surface area contributed by atoms with E-state index in [1.165, 1.54) is 22.3 Å². The van der Waals surface area contributed by atoms with Crippen LogP contribution in [0.1, 0.15) is 56.4 Å². The van der Waals surface area contributed by atoms with Gasteiger partial charge in [0.05, 0.1) is 13.2 Å².